The molecule has 2 N–H and O–H groups in total. The zero-order chi connectivity index (χ0) is 10.4. The van der Waals surface area contributed by atoms with E-state index in [1.807, 2.05) is 0 Å². The number of rotatable bonds is 5. The van der Waals surface area contributed by atoms with Crippen molar-refractivity contribution in [2.24, 2.45) is 0 Å². The fraction of sp³-hybridized carbons (Fsp3) is 0.429. The van der Waals surface area contributed by atoms with E-state index in [1.54, 1.807) is 18.5 Å². The van der Waals surface area contributed by atoms with Crippen LogP contribution < -0.4 is 10.0 Å². The molecule has 0 saturated carbocycles. The van der Waals surface area contributed by atoms with Crippen LogP contribution in [0.1, 0.15) is 0 Å². The van der Waals surface area contributed by atoms with Gasteiger partial charge < -0.3 is 5.32 Å². The summed E-state index contributed by atoms with van der Waals surface area (Å²) in [6.07, 6.45) is 4.34. The SMILES string of the molecule is CS(=O)(=O)NCCNc1ncccn1. The number of hydrogen-bond donors (Lipinski definition) is 2. The van der Waals surface area contributed by atoms with Crippen LogP contribution in [0.4, 0.5) is 5.95 Å². The molecular formula is C7H12N4O2S. The van der Waals surface area contributed by atoms with E-state index in [0.717, 1.165) is 6.26 Å². The molecule has 0 spiro atoms. The average molecular weight is 216 g/mol. The van der Waals surface area contributed by atoms with Crippen LogP contribution in [0.2, 0.25) is 0 Å². The minimum atomic E-state index is -3.11. The number of hydrogen-bond acceptors (Lipinski definition) is 5. The Balaban J connectivity index is 2.23. The van der Waals surface area contributed by atoms with Crippen molar-refractivity contribution in [3.8, 4) is 0 Å². The molecule has 0 aliphatic carbocycles. The standard InChI is InChI=1S/C7H12N4O2S/c1-14(12,13)11-6-5-10-7-8-3-2-4-9-7/h2-4,11H,5-6H2,1H3,(H,8,9,10). The van der Waals surface area contributed by atoms with Crippen molar-refractivity contribution in [1.29, 1.82) is 0 Å². The minimum absolute atomic E-state index is 0.317. The first kappa shape index (κ1) is 10.9. The molecule has 78 valence electrons. The first-order valence-corrected chi connectivity index (χ1v) is 5.92. The Morgan fingerprint density at radius 1 is 1.29 bits per heavy atom. The molecule has 0 amide bonds. The Hall–Kier alpha value is -1.21. The topological polar surface area (TPSA) is 84.0 Å². The summed E-state index contributed by atoms with van der Waals surface area (Å²) in [5.74, 6) is 0.489. The van der Waals surface area contributed by atoms with Gasteiger partial charge in [0.1, 0.15) is 0 Å². The number of anilines is 1. The van der Waals surface area contributed by atoms with Crippen molar-refractivity contribution in [3.63, 3.8) is 0 Å². The summed E-state index contributed by atoms with van der Waals surface area (Å²) >= 11 is 0. The lowest BCUT2D eigenvalue weighted by Gasteiger charge is -2.03. The lowest BCUT2D eigenvalue weighted by molar-refractivity contribution is 0.589. The van der Waals surface area contributed by atoms with Crippen LogP contribution >= 0.6 is 0 Å². The quantitative estimate of drug-likeness (QED) is 0.644. The van der Waals surface area contributed by atoms with Crippen LogP contribution in [0.3, 0.4) is 0 Å². The molecule has 14 heavy (non-hydrogen) atoms. The van der Waals surface area contributed by atoms with Crippen LogP contribution in [0.25, 0.3) is 0 Å². The van der Waals surface area contributed by atoms with Crippen molar-refractivity contribution < 1.29 is 8.42 Å². The maximum absolute atomic E-state index is 10.7. The Morgan fingerprint density at radius 3 is 2.50 bits per heavy atom. The zero-order valence-corrected chi connectivity index (χ0v) is 8.58. The van der Waals surface area contributed by atoms with E-state index in [0.29, 0.717) is 19.0 Å². The first-order chi connectivity index (χ1) is 6.58. The number of aromatic nitrogens is 2. The van der Waals surface area contributed by atoms with E-state index in [9.17, 15) is 8.42 Å². The van der Waals surface area contributed by atoms with Gasteiger partial charge in [0.25, 0.3) is 0 Å². The molecule has 0 atom stereocenters. The highest BCUT2D eigenvalue weighted by Gasteiger charge is 1.98. The highest BCUT2D eigenvalue weighted by molar-refractivity contribution is 7.88. The van der Waals surface area contributed by atoms with E-state index in [1.165, 1.54) is 0 Å². The Labute approximate surface area is 82.8 Å². The molecule has 1 rings (SSSR count). The average Bonchev–Trinajstić information content (AvgIpc) is 2.13. The fourth-order valence-electron chi connectivity index (χ4n) is 0.801. The minimum Gasteiger partial charge on any atom is -0.353 e. The second-order valence-electron chi connectivity index (χ2n) is 2.67. The van der Waals surface area contributed by atoms with Gasteiger partial charge in [-0.2, -0.15) is 0 Å². The summed E-state index contributed by atoms with van der Waals surface area (Å²) in [6, 6.07) is 1.71. The van der Waals surface area contributed by atoms with Gasteiger partial charge in [0.2, 0.25) is 16.0 Å². The van der Waals surface area contributed by atoms with Gasteiger partial charge in [0, 0.05) is 25.5 Å². The molecular weight excluding hydrogens is 204 g/mol. The molecule has 0 aliphatic heterocycles. The highest BCUT2D eigenvalue weighted by atomic mass is 32.2. The van der Waals surface area contributed by atoms with Crippen molar-refractivity contribution in [1.82, 2.24) is 14.7 Å². The summed E-state index contributed by atoms with van der Waals surface area (Å²) in [6.45, 7) is 0.772. The van der Waals surface area contributed by atoms with Gasteiger partial charge in [0.05, 0.1) is 6.26 Å². The summed E-state index contributed by atoms with van der Waals surface area (Å²) in [5, 5.41) is 2.87. The molecule has 0 bridgehead atoms. The highest BCUT2D eigenvalue weighted by Crippen LogP contribution is 1.91. The molecule has 1 aromatic rings. The van der Waals surface area contributed by atoms with Crippen LogP contribution in [0.5, 0.6) is 0 Å². The van der Waals surface area contributed by atoms with E-state index in [2.05, 4.69) is 20.0 Å². The third-order valence-electron chi connectivity index (χ3n) is 1.34. The van der Waals surface area contributed by atoms with E-state index >= 15 is 0 Å². The van der Waals surface area contributed by atoms with Crippen molar-refractivity contribution in [3.05, 3.63) is 18.5 Å². The third kappa shape index (κ3) is 4.73. The second-order valence-corrected chi connectivity index (χ2v) is 4.50. The second kappa shape index (κ2) is 4.87. The summed E-state index contributed by atoms with van der Waals surface area (Å²) in [7, 11) is -3.11. The molecule has 1 heterocycles. The van der Waals surface area contributed by atoms with Crippen LogP contribution in [0, 0.1) is 0 Å². The van der Waals surface area contributed by atoms with Crippen molar-refractivity contribution >= 4 is 16.0 Å². The number of sulfonamides is 1. The maximum Gasteiger partial charge on any atom is 0.222 e. The monoisotopic (exact) mass is 216 g/mol. The smallest absolute Gasteiger partial charge is 0.222 e. The fourth-order valence-corrected chi connectivity index (χ4v) is 1.27. The predicted molar refractivity (Wildman–Crippen MR) is 53.4 cm³/mol. The first-order valence-electron chi connectivity index (χ1n) is 4.03. The van der Waals surface area contributed by atoms with Crippen LogP contribution in [0.15, 0.2) is 18.5 Å². The van der Waals surface area contributed by atoms with Gasteiger partial charge in [-0.3, -0.25) is 0 Å². The van der Waals surface area contributed by atoms with E-state index < -0.39 is 10.0 Å². The summed E-state index contributed by atoms with van der Waals surface area (Å²) in [4.78, 5) is 7.83. The van der Waals surface area contributed by atoms with E-state index in [4.69, 9.17) is 0 Å². The van der Waals surface area contributed by atoms with Gasteiger partial charge in [-0.1, -0.05) is 0 Å². The molecule has 0 aliphatic rings. The molecule has 0 unspecified atom stereocenters. The number of nitrogens with zero attached hydrogens (tertiary/aromatic N) is 2. The van der Waals surface area contributed by atoms with Gasteiger partial charge in [-0.05, 0) is 6.07 Å². The largest absolute Gasteiger partial charge is 0.353 e. The Bertz CT molecular complexity index is 365. The van der Waals surface area contributed by atoms with Crippen LogP contribution in [-0.4, -0.2) is 37.7 Å². The Morgan fingerprint density at radius 2 is 1.93 bits per heavy atom. The van der Waals surface area contributed by atoms with Crippen LogP contribution in [-0.2, 0) is 10.0 Å². The molecule has 1 aromatic heterocycles. The lowest BCUT2D eigenvalue weighted by atomic mass is 10.6. The maximum atomic E-state index is 10.7. The summed E-state index contributed by atoms with van der Waals surface area (Å²) in [5.41, 5.74) is 0. The number of nitrogens with one attached hydrogen (secondary N) is 2. The Kier molecular flexibility index (Phi) is 3.78. The van der Waals surface area contributed by atoms with Crippen molar-refractivity contribution in [2.45, 2.75) is 0 Å². The molecule has 6 nitrogen and oxygen atoms in total. The summed E-state index contributed by atoms with van der Waals surface area (Å²) < 4.78 is 23.7. The zero-order valence-electron chi connectivity index (χ0n) is 7.77. The molecule has 0 aromatic carbocycles. The normalized spacial score (nSPS) is 11.2. The van der Waals surface area contributed by atoms with Gasteiger partial charge in [-0.15, -0.1) is 0 Å². The van der Waals surface area contributed by atoms with Gasteiger partial charge in [-0.25, -0.2) is 23.1 Å². The molecule has 0 saturated heterocycles. The predicted octanol–water partition coefficient (Wildman–Crippen LogP) is -0.562. The lowest BCUT2D eigenvalue weighted by Crippen LogP contribution is -2.27. The van der Waals surface area contributed by atoms with Gasteiger partial charge in [0.15, 0.2) is 0 Å². The molecule has 0 fully saturated rings. The molecule has 0 radical (unpaired) electrons. The van der Waals surface area contributed by atoms with Crippen molar-refractivity contribution in [2.75, 3.05) is 24.7 Å². The third-order valence-corrected chi connectivity index (χ3v) is 2.07. The van der Waals surface area contributed by atoms with E-state index in [-0.39, 0.29) is 0 Å². The van der Waals surface area contributed by atoms with Gasteiger partial charge >= 0.3 is 0 Å². The molecule has 7 heteroatoms.